The van der Waals surface area contributed by atoms with E-state index in [9.17, 15) is 4.89 Å². The van der Waals surface area contributed by atoms with Gasteiger partial charge in [-0.25, -0.2) is 0 Å². The number of hydrogen-bond donors (Lipinski definition) is 1. The summed E-state index contributed by atoms with van der Waals surface area (Å²) in [6.45, 7) is 0. The fraction of sp³-hybridized carbons (Fsp3) is 0. The molecule has 0 aliphatic heterocycles. The van der Waals surface area contributed by atoms with Gasteiger partial charge in [-0.3, -0.25) is 0 Å². The standard InChI is InChI=1S/C36H31OPSi/c37-38(30-16-6-1-7-17-30,31-18-8-2-9-19-31)32-26-28-36(29-27-32)39(33-20-10-3-11-21-33,34-22-12-4-13-23-34)35-24-14-5-15-25-35/h1-29,37-38H. The molecule has 0 amide bonds. The molecular weight excluding hydrogens is 507 g/mol. The first-order chi connectivity index (χ1) is 19.2. The zero-order valence-corrected chi connectivity index (χ0v) is 23.7. The third kappa shape index (κ3) is 4.47. The van der Waals surface area contributed by atoms with Gasteiger partial charge in [-0.1, -0.05) is 0 Å². The van der Waals surface area contributed by atoms with Crippen LogP contribution in [0.3, 0.4) is 0 Å². The average molecular weight is 539 g/mol. The molecule has 3 heteroatoms. The van der Waals surface area contributed by atoms with Gasteiger partial charge >= 0.3 is 233 Å². The third-order valence-corrected chi connectivity index (χ3v) is 16.0. The van der Waals surface area contributed by atoms with Crippen LogP contribution in [0.2, 0.25) is 0 Å². The van der Waals surface area contributed by atoms with Gasteiger partial charge in [-0.2, -0.15) is 0 Å². The van der Waals surface area contributed by atoms with Crippen molar-refractivity contribution in [2.45, 2.75) is 0 Å². The van der Waals surface area contributed by atoms with E-state index in [1.54, 1.807) is 0 Å². The molecule has 1 nitrogen and oxygen atoms in total. The minimum absolute atomic E-state index is 0.987. The number of rotatable bonds is 7. The number of hydrogen-bond acceptors (Lipinski definition) is 1. The fourth-order valence-corrected chi connectivity index (χ4v) is 13.6. The Kier molecular flexibility index (Phi) is 7.09. The van der Waals surface area contributed by atoms with Crippen LogP contribution >= 0.6 is 7.49 Å². The normalized spacial score (nSPS) is 12.1. The Morgan fingerprint density at radius 1 is 0.308 bits per heavy atom. The van der Waals surface area contributed by atoms with Gasteiger partial charge in [0.05, 0.1) is 0 Å². The van der Waals surface area contributed by atoms with E-state index in [4.69, 9.17) is 0 Å². The van der Waals surface area contributed by atoms with Crippen molar-refractivity contribution in [2.75, 3.05) is 0 Å². The van der Waals surface area contributed by atoms with Crippen molar-refractivity contribution >= 4 is 52.2 Å². The molecule has 6 rings (SSSR count). The van der Waals surface area contributed by atoms with Crippen LogP contribution in [0.1, 0.15) is 0 Å². The molecule has 0 saturated carbocycles. The van der Waals surface area contributed by atoms with Crippen molar-refractivity contribution in [3.63, 3.8) is 0 Å². The Morgan fingerprint density at radius 3 is 0.897 bits per heavy atom. The monoisotopic (exact) mass is 538 g/mol. The van der Waals surface area contributed by atoms with Gasteiger partial charge in [0.1, 0.15) is 0 Å². The Hall–Kier alpha value is -4.07. The molecule has 1 N–H and O–H groups in total. The predicted molar refractivity (Wildman–Crippen MR) is 172 cm³/mol. The molecule has 0 aliphatic rings. The van der Waals surface area contributed by atoms with E-state index in [1.165, 1.54) is 20.7 Å². The van der Waals surface area contributed by atoms with Gasteiger partial charge in [0.2, 0.25) is 0 Å². The van der Waals surface area contributed by atoms with Crippen molar-refractivity contribution in [3.8, 4) is 0 Å². The molecule has 39 heavy (non-hydrogen) atoms. The van der Waals surface area contributed by atoms with Crippen LogP contribution in [-0.4, -0.2) is 13.0 Å². The molecule has 0 radical (unpaired) electrons. The molecule has 0 unspecified atom stereocenters. The summed E-state index contributed by atoms with van der Waals surface area (Å²) >= 11 is 0. The molecule has 0 spiro atoms. The van der Waals surface area contributed by atoms with Crippen LogP contribution in [0.4, 0.5) is 0 Å². The number of benzene rings is 6. The maximum atomic E-state index is 12.5. The van der Waals surface area contributed by atoms with E-state index in [-0.39, 0.29) is 0 Å². The second-order valence-corrected chi connectivity index (χ2v) is 16.8. The van der Waals surface area contributed by atoms with E-state index < -0.39 is 15.6 Å². The van der Waals surface area contributed by atoms with Crippen molar-refractivity contribution in [1.29, 1.82) is 0 Å². The summed E-state index contributed by atoms with van der Waals surface area (Å²) in [6.07, 6.45) is 0. The average Bonchev–Trinajstić information content (AvgIpc) is 3.04. The summed E-state index contributed by atoms with van der Waals surface area (Å²) in [5.41, 5.74) is 0. The quantitative estimate of drug-likeness (QED) is 0.185. The van der Waals surface area contributed by atoms with E-state index in [1.807, 2.05) is 36.4 Å². The molecule has 0 aromatic heterocycles. The van der Waals surface area contributed by atoms with Crippen molar-refractivity contribution in [1.82, 2.24) is 0 Å². The van der Waals surface area contributed by atoms with Gasteiger partial charge in [0, 0.05) is 0 Å². The van der Waals surface area contributed by atoms with Crippen LogP contribution in [-0.2, 0) is 0 Å². The Bertz CT molecular complexity index is 1490. The fourth-order valence-electron chi connectivity index (χ4n) is 5.88. The molecule has 190 valence electrons. The van der Waals surface area contributed by atoms with Crippen LogP contribution in [0.25, 0.3) is 0 Å². The summed E-state index contributed by atoms with van der Waals surface area (Å²) in [5.74, 6) is 0. The van der Waals surface area contributed by atoms with E-state index >= 15 is 0 Å². The molecule has 0 saturated heterocycles. The second-order valence-electron chi connectivity index (χ2n) is 9.87. The predicted octanol–water partition coefficient (Wildman–Crippen LogP) is 4.00. The third-order valence-electron chi connectivity index (χ3n) is 7.74. The molecule has 0 heterocycles. The summed E-state index contributed by atoms with van der Waals surface area (Å²) in [7, 11) is -5.79. The molecule has 6 aromatic rings. The van der Waals surface area contributed by atoms with Crippen LogP contribution in [0.15, 0.2) is 176 Å². The van der Waals surface area contributed by atoms with Gasteiger partial charge in [0.15, 0.2) is 0 Å². The summed E-state index contributed by atoms with van der Waals surface area (Å²) in [5, 5.41) is 8.28. The van der Waals surface area contributed by atoms with Gasteiger partial charge in [-0.15, -0.1) is 0 Å². The first-order valence-electron chi connectivity index (χ1n) is 13.3. The molecule has 6 aromatic carbocycles. The second kappa shape index (κ2) is 11.0. The van der Waals surface area contributed by atoms with E-state index in [2.05, 4.69) is 140 Å². The van der Waals surface area contributed by atoms with E-state index in [0.717, 1.165) is 15.9 Å². The minimum atomic E-state index is -3.18. The summed E-state index contributed by atoms with van der Waals surface area (Å²) in [4.78, 5) is 12.5. The van der Waals surface area contributed by atoms with Crippen molar-refractivity contribution in [2.24, 2.45) is 0 Å². The molecule has 0 fully saturated rings. The van der Waals surface area contributed by atoms with Crippen LogP contribution in [0.5, 0.6) is 0 Å². The Labute approximate surface area is 232 Å². The maximum absolute atomic E-state index is 12.5. The zero-order chi connectivity index (χ0) is 26.5. The van der Waals surface area contributed by atoms with Gasteiger partial charge in [-0.05, 0) is 0 Å². The first-order valence-corrected chi connectivity index (χ1v) is 17.3. The first kappa shape index (κ1) is 25.2. The van der Waals surface area contributed by atoms with Gasteiger partial charge in [0.25, 0.3) is 0 Å². The molecular formula is C36H31OPSi. The molecule has 0 bridgehead atoms. The molecule has 0 aliphatic carbocycles. The van der Waals surface area contributed by atoms with Crippen LogP contribution < -0.4 is 36.7 Å². The van der Waals surface area contributed by atoms with Crippen molar-refractivity contribution < 1.29 is 4.89 Å². The van der Waals surface area contributed by atoms with E-state index in [0.29, 0.717) is 0 Å². The Morgan fingerprint density at radius 2 is 0.564 bits per heavy atom. The summed E-state index contributed by atoms with van der Waals surface area (Å²) < 4.78 is 0. The van der Waals surface area contributed by atoms with Gasteiger partial charge < -0.3 is 0 Å². The van der Waals surface area contributed by atoms with Crippen LogP contribution in [0, 0.1) is 0 Å². The molecule has 0 atom stereocenters. The SMILES string of the molecule is O[PH](c1ccccc1)(c1ccccc1)c1ccc([Si](c2ccccc2)(c2ccccc2)c2ccccc2)cc1. The topological polar surface area (TPSA) is 20.2 Å². The zero-order valence-electron chi connectivity index (χ0n) is 21.7. The summed E-state index contributed by atoms with van der Waals surface area (Å²) in [6, 6.07) is 62.0. The van der Waals surface area contributed by atoms with Crippen molar-refractivity contribution in [3.05, 3.63) is 176 Å². The Balaban J connectivity index is 1.59.